The van der Waals surface area contributed by atoms with Crippen molar-refractivity contribution in [1.82, 2.24) is 13.9 Å². The summed E-state index contributed by atoms with van der Waals surface area (Å²) in [6.45, 7) is 2.71. The average molecular weight is 480 g/mol. The van der Waals surface area contributed by atoms with Crippen molar-refractivity contribution in [3.05, 3.63) is 58.3 Å². The highest BCUT2D eigenvalue weighted by molar-refractivity contribution is 9.10. The van der Waals surface area contributed by atoms with Gasteiger partial charge in [0, 0.05) is 25.1 Å². The summed E-state index contributed by atoms with van der Waals surface area (Å²) in [5.74, 6) is 0.127. The molecule has 1 heterocycles. The fourth-order valence-electron chi connectivity index (χ4n) is 2.94. The third kappa shape index (κ3) is 4.52. The molecule has 154 valence electrons. The summed E-state index contributed by atoms with van der Waals surface area (Å²) in [5.41, 5.74) is 1.80. The zero-order chi connectivity index (χ0) is 21.2. The summed E-state index contributed by atoms with van der Waals surface area (Å²) in [4.78, 5) is 17.1. The third-order valence-electron chi connectivity index (χ3n) is 4.42. The van der Waals surface area contributed by atoms with Crippen molar-refractivity contribution in [1.29, 1.82) is 0 Å². The molecule has 1 aromatic heterocycles. The lowest BCUT2D eigenvalue weighted by molar-refractivity contribution is 0.0458. The van der Waals surface area contributed by atoms with Crippen molar-refractivity contribution in [2.45, 2.75) is 31.4 Å². The number of aromatic nitrogens is 2. The zero-order valence-corrected chi connectivity index (χ0v) is 18.8. The third-order valence-corrected chi connectivity index (χ3v) is 6.72. The van der Waals surface area contributed by atoms with E-state index in [4.69, 9.17) is 4.74 Å². The van der Waals surface area contributed by atoms with Crippen LogP contribution in [0.2, 0.25) is 0 Å². The van der Waals surface area contributed by atoms with Gasteiger partial charge < -0.3 is 9.30 Å². The maximum atomic E-state index is 12.4. The first-order valence-electron chi connectivity index (χ1n) is 9.08. The van der Waals surface area contributed by atoms with E-state index in [2.05, 4.69) is 20.9 Å². The topological polar surface area (TPSA) is 81.5 Å². The van der Waals surface area contributed by atoms with Crippen molar-refractivity contribution in [2.75, 3.05) is 14.1 Å². The molecule has 0 N–H and O–H groups in total. The number of rotatable bonds is 7. The van der Waals surface area contributed by atoms with Crippen LogP contribution in [0, 0.1) is 0 Å². The number of sulfonamides is 1. The lowest BCUT2D eigenvalue weighted by Crippen LogP contribution is -2.22. The van der Waals surface area contributed by atoms with Gasteiger partial charge >= 0.3 is 5.97 Å². The molecule has 29 heavy (non-hydrogen) atoms. The van der Waals surface area contributed by atoms with Gasteiger partial charge in [0.25, 0.3) is 0 Å². The van der Waals surface area contributed by atoms with Crippen molar-refractivity contribution >= 4 is 43.0 Å². The van der Waals surface area contributed by atoms with Crippen LogP contribution in [0.15, 0.2) is 51.8 Å². The molecule has 0 aliphatic heterocycles. The molecular formula is C20H22BrN3O4S. The van der Waals surface area contributed by atoms with Gasteiger partial charge in [0.05, 0.1) is 21.5 Å². The molecule has 0 radical (unpaired) electrons. The molecule has 0 bridgehead atoms. The van der Waals surface area contributed by atoms with Gasteiger partial charge in [-0.3, -0.25) is 0 Å². The molecule has 0 unspecified atom stereocenters. The van der Waals surface area contributed by atoms with Gasteiger partial charge in [0.15, 0.2) is 0 Å². The summed E-state index contributed by atoms with van der Waals surface area (Å²) >= 11 is 3.34. The number of ether oxygens (including phenoxy) is 1. The van der Waals surface area contributed by atoms with E-state index in [-0.39, 0.29) is 11.5 Å². The molecule has 0 saturated carbocycles. The summed E-state index contributed by atoms with van der Waals surface area (Å²) < 4.78 is 34.2. The fourth-order valence-corrected chi connectivity index (χ4v) is 4.26. The highest BCUT2D eigenvalue weighted by Gasteiger charge is 2.20. The summed E-state index contributed by atoms with van der Waals surface area (Å²) in [5, 5.41) is 0. The molecule has 0 aliphatic carbocycles. The minimum absolute atomic E-state index is 0.00418. The molecule has 9 heteroatoms. The van der Waals surface area contributed by atoms with E-state index in [1.807, 2.05) is 17.6 Å². The Kier molecular flexibility index (Phi) is 6.40. The van der Waals surface area contributed by atoms with E-state index < -0.39 is 16.0 Å². The molecule has 0 fully saturated rings. The van der Waals surface area contributed by atoms with E-state index in [1.165, 1.54) is 14.1 Å². The van der Waals surface area contributed by atoms with Gasteiger partial charge in [0.2, 0.25) is 10.0 Å². The largest absolute Gasteiger partial charge is 0.454 e. The van der Waals surface area contributed by atoms with Crippen LogP contribution in [0.25, 0.3) is 11.0 Å². The van der Waals surface area contributed by atoms with Gasteiger partial charge in [-0.2, -0.15) is 0 Å². The van der Waals surface area contributed by atoms with Crippen molar-refractivity contribution in [2.24, 2.45) is 0 Å². The minimum atomic E-state index is -3.56. The first-order valence-corrected chi connectivity index (χ1v) is 11.3. The summed E-state index contributed by atoms with van der Waals surface area (Å²) in [7, 11) is -0.580. The van der Waals surface area contributed by atoms with Crippen LogP contribution in [-0.4, -0.2) is 42.3 Å². The smallest absolute Gasteiger partial charge is 0.338 e. The van der Waals surface area contributed by atoms with E-state index in [0.29, 0.717) is 23.4 Å². The zero-order valence-electron chi connectivity index (χ0n) is 16.4. The number of hydrogen-bond acceptors (Lipinski definition) is 5. The Morgan fingerprint density at radius 2 is 1.97 bits per heavy atom. The first-order chi connectivity index (χ1) is 13.7. The summed E-state index contributed by atoms with van der Waals surface area (Å²) in [6.07, 6.45) is 0.857. The first kappa shape index (κ1) is 21.5. The van der Waals surface area contributed by atoms with E-state index in [1.54, 1.807) is 36.4 Å². The van der Waals surface area contributed by atoms with Crippen LogP contribution in [0.4, 0.5) is 0 Å². The number of hydrogen-bond donors (Lipinski definition) is 0. The van der Waals surface area contributed by atoms with Crippen LogP contribution in [-0.2, 0) is 27.9 Å². The van der Waals surface area contributed by atoms with Crippen molar-refractivity contribution in [3.8, 4) is 0 Å². The van der Waals surface area contributed by atoms with Gasteiger partial charge in [-0.05, 0) is 42.8 Å². The molecule has 3 aromatic rings. The minimum Gasteiger partial charge on any atom is -0.454 e. The number of carbonyl (C=O) groups is 1. The molecule has 0 atom stereocenters. The van der Waals surface area contributed by atoms with E-state index >= 15 is 0 Å². The van der Waals surface area contributed by atoms with Gasteiger partial charge in [0.1, 0.15) is 12.4 Å². The van der Waals surface area contributed by atoms with Crippen LogP contribution >= 0.6 is 15.9 Å². The summed E-state index contributed by atoms with van der Waals surface area (Å²) in [6, 6.07) is 11.8. The Balaban J connectivity index is 1.92. The van der Waals surface area contributed by atoms with Gasteiger partial charge in [-0.15, -0.1) is 0 Å². The second-order valence-corrected chi connectivity index (χ2v) is 9.77. The number of esters is 1. The normalized spacial score (nSPS) is 11.9. The van der Waals surface area contributed by atoms with Gasteiger partial charge in [-0.1, -0.05) is 28.9 Å². The second kappa shape index (κ2) is 8.64. The lowest BCUT2D eigenvalue weighted by Gasteiger charge is -2.11. The number of imidazole rings is 1. The molecule has 0 saturated heterocycles. The highest BCUT2D eigenvalue weighted by Crippen LogP contribution is 2.23. The van der Waals surface area contributed by atoms with Crippen molar-refractivity contribution < 1.29 is 17.9 Å². The van der Waals surface area contributed by atoms with Crippen LogP contribution in [0.3, 0.4) is 0 Å². The molecule has 2 aromatic carbocycles. The fraction of sp³-hybridized carbons (Fsp3) is 0.300. The molecular weight excluding hydrogens is 458 g/mol. The number of aryl methyl sites for hydroxylation is 1. The maximum Gasteiger partial charge on any atom is 0.338 e. The van der Waals surface area contributed by atoms with Crippen molar-refractivity contribution in [3.63, 3.8) is 0 Å². The van der Waals surface area contributed by atoms with Crippen LogP contribution in [0.5, 0.6) is 0 Å². The lowest BCUT2D eigenvalue weighted by atomic mass is 10.2. The molecule has 0 spiro atoms. The molecule has 3 rings (SSSR count). The Morgan fingerprint density at radius 1 is 1.21 bits per heavy atom. The van der Waals surface area contributed by atoms with E-state index in [9.17, 15) is 13.2 Å². The maximum absolute atomic E-state index is 12.4. The monoisotopic (exact) mass is 479 g/mol. The Hall–Kier alpha value is -2.23. The molecule has 0 aliphatic rings. The number of nitrogens with zero attached hydrogens (tertiary/aromatic N) is 3. The quantitative estimate of drug-likeness (QED) is 0.481. The SMILES string of the molecule is CCCn1c(COC(=O)c2cccc(Br)c2)nc2cc(S(=O)(=O)N(C)C)ccc21. The standard InChI is InChI=1S/C20H22BrN3O4S/c1-4-10-24-18-9-8-16(29(26,27)23(2)3)12-17(18)22-19(24)13-28-20(25)14-6-5-7-15(21)11-14/h5-9,11-12H,4,10,13H2,1-3H3. The average Bonchev–Trinajstić information content (AvgIpc) is 3.03. The predicted octanol–water partition coefficient (Wildman–Crippen LogP) is 3.82. The number of benzene rings is 2. The Labute approximate surface area is 178 Å². The molecule has 7 nitrogen and oxygen atoms in total. The predicted molar refractivity (Wildman–Crippen MR) is 114 cm³/mol. The van der Waals surface area contributed by atoms with Crippen LogP contribution < -0.4 is 0 Å². The second-order valence-electron chi connectivity index (χ2n) is 6.70. The number of halogens is 1. The number of carbonyl (C=O) groups excluding carboxylic acids is 1. The Morgan fingerprint density at radius 3 is 2.62 bits per heavy atom. The highest BCUT2D eigenvalue weighted by atomic mass is 79.9. The van der Waals surface area contributed by atoms with E-state index in [0.717, 1.165) is 20.7 Å². The molecule has 0 amide bonds. The number of fused-ring (bicyclic) bond motifs is 1. The van der Waals surface area contributed by atoms with Gasteiger partial charge in [-0.25, -0.2) is 22.5 Å². The Bertz CT molecular complexity index is 1160. The van der Waals surface area contributed by atoms with Crippen LogP contribution in [0.1, 0.15) is 29.5 Å².